The molecule has 3 N–H and O–H groups in total. The molecule has 12 nitrogen and oxygen atoms in total. The third kappa shape index (κ3) is 7.25. The third-order valence-corrected chi connectivity index (χ3v) is 5.97. The predicted molar refractivity (Wildman–Crippen MR) is 157 cm³/mol. The molecule has 0 aliphatic rings. The van der Waals surface area contributed by atoms with Gasteiger partial charge in [-0.2, -0.15) is 5.10 Å². The van der Waals surface area contributed by atoms with Crippen LogP contribution in [0.25, 0.3) is 0 Å². The predicted octanol–water partition coefficient (Wildman–Crippen LogP) is 4.98. The minimum absolute atomic E-state index is 0.0574. The Morgan fingerprint density at radius 3 is 2.21 bits per heavy atom. The summed E-state index contributed by atoms with van der Waals surface area (Å²) in [5.41, 5.74) is 6.62. The summed E-state index contributed by atoms with van der Waals surface area (Å²) in [6.45, 7) is 9.20. The number of rotatable bonds is 10. The maximum Gasteiger partial charge on any atom is 0.419 e. The highest BCUT2D eigenvalue weighted by molar-refractivity contribution is 6.11. The molecule has 0 aliphatic carbocycles. The number of hydrogen-bond donors (Lipinski definition) is 2. The molecule has 0 aliphatic heterocycles. The molecule has 2 aromatic carbocycles. The topological polar surface area (TPSA) is 155 Å². The second-order valence-electron chi connectivity index (χ2n) is 10.3. The zero-order valence-corrected chi connectivity index (χ0v) is 24.9. The number of methoxy groups -OCH3 is 1. The number of anilines is 3. The number of carbonyl (C=O) groups excluding carboxylic acids is 4. The van der Waals surface area contributed by atoms with Crippen molar-refractivity contribution in [2.75, 3.05) is 23.9 Å². The van der Waals surface area contributed by atoms with Crippen LogP contribution < -0.4 is 20.7 Å². The number of carbonyl (C=O) groups is 4. The van der Waals surface area contributed by atoms with Crippen molar-refractivity contribution >= 4 is 40.9 Å². The van der Waals surface area contributed by atoms with Crippen molar-refractivity contribution in [2.24, 2.45) is 12.8 Å². The van der Waals surface area contributed by atoms with E-state index in [4.69, 9.17) is 19.9 Å². The van der Waals surface area contributed by atoms with Crippen LogP contribution in [-0.2, 0) is 22.9 Å². The van der Waals surface area contributed by atoms with Gasteiger partial charge in [0.15, 0.2) is 0 Å². The summed E-state index contributed by atoms with van der Waals surface area (Å²) in [6, 6.07) is 10.8. The van der Waals surface area contributed by atoms with Gasteiger partial charge in [-0.1, -0.05) is 13.3 Å². The van der Waals surface area contributed by atoms with Crippen LogP contribution in [0.3, 0.4) is 0 Å². The minimum atomic E-state index is -0.825. The number of aromatic nitrogens is 2. The first-order valence-electron chi connectivity index (χ1n) is 13.5. The van der Waals surface area contributed by atoms with Crippen molar-refractivity contribution in [1.82, 2.24) is 9.78 Å². The van der Waals surface area contributed by atoms with E-state index >= 15 is 0 Å². The van der Waals surface area contributed by atoms with Gasteiger partial charge in [-0.3, -0.25) is 14.3 Å². The van der Waals surface area contributed by atoms with Gasteiger partial charge in [0.25, 0.3) is 11.8 Å². The van der Waals surface area contributed by atoms with E-state index in [1.54, 1.807) is 59.0 Å². The first-order valence-corrected chi connectivity index (χ1v) is 13.5. The molecule has 12 heteroatoms. The Labute approximate surface area is 244 Å². The second-order valence-corrected chi connectivity index (χ2v) is 10.3. The summed E-state index contributed by atoms with van der Waals surface area (Å²) < 4.78 is 17.5. The first-order chi connectivity index (χ1) is 19.8. The molecule has 0 fully saturated rings. The zero-order valence-electron chi connectivity index (χ0n) is 24.9. The number of primary amides is 1. The van der Waals surface area contributed by atoms with Crippen molar-refractivity contribution < 1.29 is 33.4 Å². The number of aryl methyl sites for hydroxylation is 2. The average molecular weight is 580 g/mol. The van der Waals surface area contributed by atoms with Crippen molar-refractivity contribution in [3.05, 3.63) is 65.0 Å². The number of ether oxygens (including phenoxy) is 3. The molecule has 3 amide bonds. The summed E-state index contributed by atoms with van der Waals surface area (Å²) in [6.07, 6.45) is 0.512. The Balaban J connectivity index is 2.14. The highest BCUT2D eigenvalue weighted by atomic mass is 16.6. The first kappa shape index (κ1) is 31.7. The largest absolute Gasteiger partial charge is 0.493 e. The summed E-state index contributed by atoms with van der Waals surface area (Å²) in [4.78, 5) is 52.7. The van der Waals surface area contributed by atoms with Crippen LogP contribution in [0.1, 0.15) is 77.9 Å². The SMILES string of the molecule is CCCc1nn(C)c(C(N)=O)c1NC(=O)c1cc(N(C(=O)OC(C)(C)C)c2ccc(C(=O)OC)cc2)ccc1OCC. The molecule has 1 heterocycles. The van der Waals surface area contributed by atoms with Gasteiger partial charge < -0.3 is 25.3 Å². The van der Waals surface area contributed by atoms with Gasteiger partial charge in [-0.25, -0.2) is 14.5 Å². The van der Waals surface area contributed by atoms with Crippen molar-refractivity contribution in [2.45, 2.75) is 53.1 Å². The quantitative estimate of drug-likeness (QED) is 0.319. The molecule has 0 saturated carbocycles. The van der Waals surface area contributed by atoms with Crippen molar-refractivity contribution in [3.63, 3.8) is 0 Å². The van der Waals surface area contributed by atoms with E-state index in [1.807, 2.05) is 6.92 Å². The number of nitrogens with two attached hydrogens (primary N) is 1. The van der Waals surface area contributed by atoms with Crippen LogP contribution in [0.5, 0.6) is 5.75 Å². The molecule has 0 radical (unpaired) electrons. The summed E-state index contributed by atoms with van der Waals surface area (Å²) in [5, 5.41) is 7.15. The Bertz CT molecular complexity index is 1470. The second kappa shape index (κ2) is 13.2. The van der Waals surface area contributed by atoms with Gasteiger partial charge in [0.05, 0.1) is 47.6 Å². The Hall–Kier alpha value is -4.87. The summed E-state index contributed by atoms with van der Waals surface area (Å²) >= 11 is 0. The van der Waals surface area contributed by atoms with E-state index in [-0.39, 0.29) is 29.3 Å². The molecule has 0 unspecified atom stereocenters. The highest BCUT2D eigenvalue weighted by Gasteiger charge is 2.28. The normalized spacial score (nSPS) is 11.0. The Morgan fingerprint density at radius 1 is 1.02 bits per heavy atom. The maximum atomic E-state index is 13.7. The fourth-order valence-corrected chi connectivity index (χ4v) is 4.23. The molecule has 0 bridgehead atoms. The standard InChI is InChI=1S/C30H37N5O7/c1-8-10-22-24(25(26(31)36)34(6)33-22)32-27(37)21-17-20(15-16-23(21)41-9-2)35(29(39)42-30(3,4)5)19-13-11-18(12-14-19)28(38)40-7/h11-17H,8-10H2,1-7H3,(H2,31,36)(H,32,37). The molecule has 0 saturated heterocycles. The van der Waals surface area contributed by atoms with Gasteiger partial charge in [-0.05, 0) is 76.6 Å². The molecule has 1 aromatic heterocycles. The summed E-state index contributed by atoms with van der Waals surface area (Å²) in [5.74, 6) is -1.62. The molecule has 3 rings (SSSR count). The van der Waals surface area contributed by atoms with Crippen LogP contribution in [0.15, 0.2) is 42.5 Å². The van der Waals surface area contributed by atoms with Gasteiger partial charge >= 0.3 is 12.1 Å². The summed E-state index contributed by atoms with van der Waals surface area (Å²) in [7, 11) is 2.85. The van der Waals surface area contributed by atoms with Crippen molar-refractivity contribution in [1.29, 1.82) is 0 Å². The number of nitrogens with zero attached hydrogens (tertiary/aromatic N) is 3. The molecule has 3 aromatic rings. The highest BCUT2D eigenvalue weighted by Crippen LogP contribution is 2.33. The van der Waals surface area contributed by atoms with Crippen LogP contribution in [0.4, 0.5) is 21.9 Å². The minimum Gasteiger partial charge on any atom is -0.493 e. The Kier molecular flexibility index (Phi) is 9.95. The number of esters is 1. The van der Waals surface area contributed by atoms with E-state index in [1.165, 1.54) is 34.9 Å². The zero-order chi connectivity index (χ0) is 31.2. The van der Waals surface area contributed by atoms with E-state index in [2.05, 4.69) is 10.4 Å². The monoisotopic (exact) mass is 579 g/mol. The van der Waals surface area contributed by atoms with E-state index in [0.29, 0.717) is 29.1 Å². The lowest BCUT2D eigenvalue weighted by atomic mass is 10.1. The van der Waals surface area contributed by atoms with Crippen LogP contribution in [0, 0.1) is 0 Å². The van der Waals surface area contributed by atoms with E-state index < -0.39 is 29.5 Å². The van der Waals surface area contributed by atoms with E-state index in [9.17, 15) is 19.2 Å². The lowest BCUT2D eigenvalue weighted by molar-refractivity contribution is 0.0592. The lowest BCUT2D eigenvalue weighted by Gasteiger charge is -2.28. The van der Waals surface area contributed by atoms with Gasteiger partial charge in [-0.15, -0.1) is 0 Å². The average Bonchev–Trinajstić information content (AvgIpc) is 3.23. The molecule has 224 valence electrons. The fraction of sp³-hybridized carbons (Fsp3) is 0.367. The lowest BCUT2D eigenvalue weighted by Crippen LogP contribution is -2.34. The molecular weight excluding hydrogens is 542 g/mol. The Morgan fingerprint density at radius 2 is 1.67 bits per heavy atom. The molecule has 0 spiro atoms. The number of hydrogen-bond acceptors (Lipinski definition) is 8. The van der Waals surface area contributed by atoms with E-state index in [0.717, 1.165) is 6.42 Å². The number of amides is 3. The van der Waals surface area contributed by atoms with Gasteiger partial charge in [0.2, 0.25) is 0 Å². The fourth-order valence-electron chi connectivity index (χ4n) is 4.23. The third-order valence-electron chi connectivity index (χ3n) is 5.97. The smallest absolute Gasteiger partial charge is 0.419 e. The number of benzene rings is 2. The van der Waals surface area contributed by atoms with Crippen LogP contribution in [0.2, 0.25) is 0 Å². The van der Waals surface area contributed by atoms with Crippen molar-refractivity contribution in [3.8, 4) is 5.75 Å². The van der Waals surface area contributed by atoms with Gasteiger partial charge in [0, 0.05) is 7.05 Å². The number of nitrogens with one attached hydrogen (secondary N) is 1. The van der Waals surface area contributed by atoms with Crippen LogP contribution in [-0.4, -0.2) is 53.0 Å². The molecule has 0 atom stereocenters. The molecule has 42 heavy (non-hydrogen) atoms. The molecular formula is C30H37N5O7. The van der Waals surface area contributed by atoms with Crippen LogP contribution >= 0.6 is 0 Å². The van der Waals surface area contributed by atoms with Gasteiger partial charge in [0.1, 0.15) is 17.0 Å². The maximum absolute atomic E-state index is 13.7.